The van der Waals surface area contributed by atoms with Crippen molar-refractivity contribution in [2.75, 3.05) is 5.32 Å². The van der Waals surface area contributed by atoms with Crippen LogP contribution in [-0.4, -0.2) is 6.10 Å². The highest BCUT2D eigenvalue weighted by atomic mass is 35.5. The topological polar surface area (TPSA) is 21.3 Å². The third-order valence-corrected chi connectivity index (χ3v) is 4.25. The van der Waals surface area contributed by atoms with Gasteiger partial charge in [-0.25, -0.2) is 0 Å². The summed E-state index contributed by atoms with van der Waals surface area (Å²) in [6, 6.07) is 18.3. The van der Waals surface area contributed by atoms with Gasteiger partial charge >= 0.3 is 0 Å². The molecule has 0 radical (unpaired) electrons. The number of fused-ring (bicyclic) bond motifs is 1. The predicted molar refractivity (Wildman–Crippen MR) is 104 cm³/mol. The third kappa shape index (κ3) is 3.77. The van der Waals surface area contributed by atoms with Gasteiger partial charge in [-0.1, -0.05) is 59.6 Å². The number of anilines is 1. The predicted octanol–water partition coefficient (Wildman–Crippen LogP) is 6.55. The summed E-state index contributed by atoms with van der Waals surface area (Å²) in [5.74, 6) is 0.544. The van der Waals surface area contributed by atoms with Crippen LogP contribution in [0, 0.1) is 0 Å². The van der Waals surface area contributed by atoms with E-state index in [1.54, 1.807) is 0 Å². The van der Waals surface area contributed by atoms with Crippen molar-refractivity contribution in [3.05, 3.63) is 70.2 Å². The fourth-order valence-electron chi connectivity index (χ4n) is 2.64. The van der Waals surface area contributed by atoms with Crippen molar-refractivity contribution >= 4 is 39.7 Å². The SMILES string of the molecule is CC(C)Oc1c(Cl)cc(CNc2cccc3ccccc23)cc1Cl. The van der Waals surface area contributed by atoms with E-state index in [-0.39, 0.29) is 6.10 Å². The molecule has 24 heavy (non-hydrogen) atoms. The lowest BCUT2D eigenvalue weighted by atomic mass is 10.1. The van der Waals surface area contributed by atoms with Crippen molar-refractivity contribution in [3.8, 4) is 5.75 Å². The molecular formula is C20H19Cl2NO. The van der Waals surface area contributed by atoms with Crippen molar-refractivity contribution < 1.29 is 4.74 Å². The average Bonchev–Trinajstić information content (AvgIpc) is 2.56. The van der Waals surface area contributed by atoms with Crippen LogP contribution in [0.15, 0.2) is 54.6 Å². The first-order chi connectivity index (χ1) is 11.5. The summed E-state index contributed by atoms with van der Waals surface area (Å²) in [7, 11) is 0. The second-order valence-electron chi connectivity index (χ2n) is 5.94. The molecule has 2 nitrogen and oxygen atoms in total. The van der Waals surface area contributed by atoms with Crippen molar-refractivity contribution in [1.82, 2.24) is 0 Å². The molecule has 0 saturated heterocycles. The summed E-state index contributed by atoms with van der Waals surface area (Å²) in [5, 5.41) is 6.93. The van der Waals surface area contributed by atoms with E-state index in [1.165, 1.54) is 10.8 Å². The van der Waals surface area contributed by atoms with Crippen LogP contribution < -0.4 is 10.1 Å². The number of hydrogen-bond donors (Lipinski definition) is 1. The monoisotopic (exact) mass is 359 g/mol. The molecule has 0 unspecified atom stereocenters. The van der Waals surface area contributed by atoms with Crippen LogP contribution in [0.25, 0.3) is 10.8 Å². The zero-order valence-corrected chi connectivity index (χ0v) is 15.2. The molecule has 124 valence electrons. The van der Waals surface area contributed by atoms with Gasteiger partial charge in [-0.05, 0) is 43.0 Å². The van der Waals surface area contributed by atoms with Gasteiger partial charge < -0.3 is 10.1 Å². The van der Waals surface area contributed by atoms with Gasteiger partial charge in [0.05, 0.1) is 16.1 Å². The molecule has 0 aromatic heterocycles. The Kier molecular flexibility index (Phi) is 5.17. The van der Waals surface area contributed by atoms with E-state index in [0.29, 0.717) is 22.3 Å². The summed E-state index contributed by atoms with van der Waals surface area (Å²) < 4.78 is 5.67. The molecule has 0 spiro atoms. The van der Waals surface area contributed by atoms with Gasteiger partial charge in [0.1, 0.15) is 0 Å². The molecular weight excluding hydrogens is 341 g/mol. The van der Waals surface area contributed by atoms with Crippen LogP contribution in [0.2, 0.25) is 10.0 Å². The molecule has 0 heterocycles. The van der Waals surface area contributed by atoms with E-state index in [9.17, 15) is 0 Å². The third-order valence-electron chi connectivity index (χ3n) is 3.68. The highest BCUT2D eigenvalue weighted by Crippen LogP contribution is 2.35. The quantitative estimate of drug-likeness (QED) is 0.557. The molecule has 0 bridgehead atoms. The Morgan fingerprint density at radius 1 is 0.958 bits per heavy atom. The van der Waals surface area contributed by atoms with Crippen LogP contribution in [-0.2, 0) is 6.54 Å². The average molecular weight is 360 g/mol. The van der Waals surface area contributed by atoms with Gasteiger partial charge in [0.15, 0.2) is 5.75 Å². The van der Waals surface area contributed by atoms with Crippen molar-refractivity contribution in [1.29, 1.82) is 0 Å². The normalized spacial score (nSPS) is 11.0. The Labute approximate surface area is 152 Å². The Bertz CT molecular complexity index is 833. The minimum absolute atomic E-state index is 0.0275. The molecule has 1 N–H and O–H groups in total. The second-order valence-corrected chi connectivity index (χ2v) is 6.75. The first kappa shape index (κ1) is 16.9. The van der Waals surface area contributed by atoms with Crippen molar-refractivity contribution in [2.24, 2.45) is 0 Å². The molecule has 3 rings (SSSR count). The largest absolute Gasteiger partial charge is 0.488 e. The zero-order chi connectivity index (χ0) is 17.1. The summed E-state index contributed by atoms with van der Waals surface area (Å²) in [4.78, 5) is 0. The fraction of sp³-hybridized carbons (Fsp3) is 0.200. The van der Waals surface area contributed by atoms with E-state index >= 15 is 0 Å². The summed E-state index contributed by atoms with van der Waals surface area (Å²) in [6.45, 7) is 4.53. The number of benzene rings is 3. The Balaban J connectivity index is 1.81. The maximum Gasteiger partial charge on any atom is 0.156 e. The standard InChI is InChI=1S/C20H19Cl2NO/c1-13(2)24-20-17(21)10-14(11-18(20)22)12-23-19-9-5-7-15-6-3-4-8-16(15)19/h3-11,13,23H,12H2,1-2H3. The van der Waals surface area contributed by atoms with E-state index < -0.39 is 0 Å². The van der Waals surface area contributed by atoms with E-state index in [1.807, 2.05) is 44.2 Å². The van der Waals surface area contributed by atoms with E-state index in [2.05, 4.69) is 29.6 Å². The zero-order valence-electron chi connectivity index (χ0n) is 13.6. The number of ether oxygens (including phenoxy) is 1. The van der Waals surface area contributed by atoms with E-state index in [0.717, 1.165) is 11.3 Å². The van der Waals surface area contributed by atoms with Gasteiger partial charge in [0.25, 0.3) is 0 Å². The minimum Gasteiger partial charge on any atom is -0.488 e. The van der Waals surface area contributed by atoms with Crippen LogP contribution in [0.1, 0.15) is 19.4 Å². The molecule has 3 aromatic rings. The van der Waals surface area contributed by atoms with Gasteiger partial charge in [0.2, 0.25) is 0 Å². The number of nitrogens with one attached hydrogen (secondary N) is 1. The smallest absolute Gasteiger partial charge is 0.156 e. The highest BCUT2D eigenvalue weighted by molar-refractivity contribution is 6.37. The van der Waals surface area contributed by atoms with Gasteiger partial charge in [-0.3, -0.25) is 0 Å². The minimum atomic E-state index is 0.0275. The number of rotatable bonds is 5. The van der Waals surface area contributed by atoms with Crippen LogP contribution in [0.5, 0.6) is 5.75 Å². The lowest BCUT2D eigenvalue weighted by Gasteiger charge is -2.15. The maximum absolute atomic E-state index is 6.32. The Morgan fingerprint density at radius 3 is 2.33 bits per heavy atom. The van der Waals surface area contributed by atoms with Crippen molar-refractivity contribution in [2.45, 2.75) is 26.5 Å². The van der Waals surface area contributed by atoms with Crippen molar-refractivity contribution in [3.63, 3.8) is 0 Å². The second kappa shape index (κ2) is 7.33. The molecule has 0 aliphatic rings. The molecule has 0 fully saturated rings. The van der Waals surface area contributed by atoms with E-state index in [4.69, 9.17) is 27.9 Å². The lowest BCUT2D eigenvalue weighted by Crippen LogP contribution is -2.07. The first-order valence-corrected chi connectivity index (χ1v) is 8.66. The molecule has 0 atom stereocenters. The first-order valence-electron chi connectivity index (χ1n) is 7.91. The molecule has 0 aliphatic heterocycles. The summed E-state index contributed by atoms with van der Waals surface area (Å²) >= 11 is 12.6. The van der Waals surface area contributed by atoms with Crippen LogP contribution in [0.3, 0.4) is 0 Å². The fourth-order valence-corrected chi connectivity index (χ4v) is 3.26. The van der Waals surface area contributed by atoms with Crippen LogP contribution >= 0.6 is 23.2 Å². The molecule has 3 aromatic carbocycles. The lowest BCUT2D eigenvalue weighted by molar-refractivity contribution is 0.242. The van der Waals surface area contributed by atoms with Gasteiger partial charge in [0, 0.05) is 17.6 Å². The molecule has 0 aliphatic carbocycles. The van der Waals surface area contributed by atoms with Crippen LogP contribution in [0.4, 0.5) is 5.69 Å². The summed E-state index contributed by atoms with van der Waals surface area (Å²) in [5.41, 5.74) is 2.09. The van der Waals surface area contributed by atoms with Gasteiger partial charge in [-0.2, -0.15) is 0 Å². The highest BCUT2D eigenvalue weighted by Gasteiger charge is 2.11. The molecule has 4 heteroatoms. The Morgan fingerprint density at radius 2 is 1.62 bits per heavy atom. The molecule has 0 amide bonds. The number of hydrogen-bond acceptors (Lipinski definition) is 2. The molecule has 0 saturated carbocycles. The maximum atomic E-state index is 6.32. The summed E-state index contributed by atoms with van der Waals surface area (Å²) in [6.07, 6.45) is 0.0275. The Hall–Kier alpha value is -1.90. The van der Waals surface area contributed by atoms with Gasteiger partial charge in [-0.15, -0.1) is 0 Å². The number of halogens is 2.